The van der Waals surface area contributed by atoms with Gasteiger partial charge in [0.15, 0.2) is 6.10 Å². The van der Waals surface area contributed by atoms with E-state index in [1.54, 1.807) is 18.2 Å². The maximum atomic E-state index is 12.3. The van der Waals surface area contributed by atoms with Crippen molar-refractivity contribution in [3.63, 3.8) is 0 Å². The van der Waals surface area contributed by atoms with Crippen molar-refractivity contribution in [3.8, 4) is 5.75 Å². The molecule has 1 atom stereocenters. The van der Waals surface area contributed by atoms with Crippen LogP contribution in [0.3, 0.4) is 0 Å². The summed E-state index contributed by atoms with van der Waals surface area (Å²) in [4.78, 5) is 12.3. The molecule has 5 heteroatoms. The van der Waals surface area contributed by atoms with E-state index in [0.717, 1.165) is 17.7 Å². The molecule has 1 aliphatic heterocycles. The average molecular weight is 336 g/mol. The van der Waals surface area contributed by atoms with E-state index in [4.69, 9.17) is 27.9 Å². The number of hydrogen-bond acceptors (Lipinski definition) is 2. The van der Waals surface area contributed by atoms with E-state index in [-0.39, 0.29) is 5.91 Å². The molecule has 1 amide bonds. The number of carbonyl (C=O) groups is 1. The third kappa shape index (κ3) is 3.21. The summed E-state index contributed by atoms with van der Waals surface area (Å²) in [5.41, 5.74) is 2.96. The molecule has 0 aliphatic carbocycles. The number of carbonyl (C=O) groups excluding carboxylic acids is 1. The van der Waals surface area contributed by atoms with Gasteiger partial charge in [0.05, 0.1) is 10.0 Å². The first-order valence-electron chi connectivity index (χ1n) is 7.05. The molecule has 1 heterocycles. The fourth-order valence-corrected chi connectivity index (χ4v) is 2.80. The number of fused-ring (bicyclic) bond motifs is 1. The molecule has 0 spiro atoms. The number of anilines is 1. The zero-order valence-corrected chi connectivity index (χ0v) is 13.5. The zero-order chi connectivity index (χ0) is 15.7. The van der Waals surface area contributed by atoms with E-state index in [2.05, 4.69) is 11.4 Å². The molecule has 3 nitrogen and oxygen atoms in total. The van der Waals surface area contributed by atoms with Crippen LogP contribution < -0.4 is 10.1 Å². The highest BCUT2D eigenvalue weighted by Gasteiger charge is 2.26. The lowest BCUT2D eigenvalue weighted by molar-refractivity contribution is -0.123. The highest BCUT2D eigenvalue weighted by Crippen LogP contribution is 2.29. The van der Waals surface area contributed by atoms with Gasteiger partial charge in [-0.2, -0.15) is 0 Å². The molecule has 1 unspecified atom stereocenters. The van der Waals surface area contributed by atoms with Crippen molar-refractivity contribution in [2.45, 2.75) is 25.9 Å². The van der Waals surface area contributed by atoms with Crippen molar-refractivity contribution in [1.82, 2.24) is 0 Å². The van der Waals surface area contributed by atoms with Crippen LogP contribution in [0.2, 0.25) is 10.0 Å². The van der Waals surface area contributed by atoms with E-state index >= 15 is 0 Å². The van der Waals surface area contributed by atoms with Gasteiger partial charge >= 0.3 is 0 Å². The Morgan fingerprint density at radius 3 is 2.77 bits per heavy atom. The highest BCUT2D eigenvalue weighted by molar-refractivity contribution is 6.42. The average Bonchev–Trinajstić information content (AvgIpc) is 2.50. The predicted octanol–water partition coefficient (Wildman–Crippen LogP) is 4.63. The molecule has 0 aromatic heterocycles. The third-order valence-corrected chi connectivity index (χ3v) is 4.38. The largest absolute Gasteiger partial charge is 0.480 e. The van der Waals surface area contributed by atoms with Crippen LogP contribution in [0.5, 0.6) is 5.75 Å². The Morgan fingerprint density at radius 2 is 2.00 bits per heavy atom. The number of rotatable bonds is 2. The molecule has 0 fully saturated rings. The smallest absolute Gasteiger partial charge is 0.265 e. The van der Waals surface area contributed by atoms with Gasteiger partial charge in [0.2, 0.25) is 0 Å². The highest BCUT2D eigenvalue weighted by atomic mass is 35.5. The minimum atomic E-state index is -0.496. The summed E-state index contributed by atoms with van der Waals surface area (Å²) in [6, 6.07) is 11.0. The monoisotopic (exact) mass is 335 g/mol. The molecule has 3 rings (SSSR count). The van der Waals surface area contributed by atoms with E-state index in [9.17, 15) is 4.79 Å². The first-order valence-corrected chi connectivity index (χ1v) is 7.80. The van der Waals surface area contributed by atoms with Crippen molar-refractivity contribution in [3.05, 3.63) is 57.6 Å². The SMILES string of the molecule is Cc1ccc2c(c1)CCC(C(=O)Nc1ccc(Cl)c(Cl)c1)O2. The standard InChI is InChI=1S/C17H15Cl2NO2/c1-10-2-6-15-11(8-10)3-7-16(22-15)17(21)20-12-4-5-13(18)14(19)9-12/h2,4-6,8-9,16H,3,7H2,1H3,(H,20,21). The Balaban J connectivity index is 1.71. The molecule has 22 heavy (non-hydrogen) atoms. The number of nitrogens with one attached hydrogen (secondary N) is 1. The Morgan fingerprint density at radius 1 is 1.18 bits per heavy atom. The summed E-state index contributed by atoms with van der Waals surface area (Å²) in [7, 11) is 0. The number of aryl methyl sites for hydroxylation is 2. The van der Waals surface area contributed by atoms with Crippen LogP contribution in [-0.2, 0) is 11.2 Å². The van der Waals surface area contributed by atoms with Gasteiger partial charge in [-0.25, -0.2) is 0 Å². The Labute approximate surface area is 139 Å². The molecule has 0 bridgehead atoms. The molecular formula is C17H15Cl2NO2. The fraction of sp³-hybridized carbons (Fsp3) is 0.235. The van der Waals surface area contributed by atoms with Gasteiger partial charge in [-0.15, -0.1) is 0 Å². The molecule has 2 aromatic carbocycles. The van der Waals surface area contributed by atoms with E-state index < -0.39 is 6.10 Å². The summed E-state index contributed by atoms with van der Waals surface area (Å²) >= 11 is 11.8. The van der Waals surface area contributed by atoms with Crippen molar-refractivity contribution in [2.75, 3.05) is 5.32 Å². The number of ether oxygens (including phenoxy) is 1. The van der Waals surface area contributed by atoms with Gasteiger partial charge in [0, 0.05) is 5.69 Å². The second-order valence-electron chi connectivity index (χ2n) is 5.37. The number of hydrogen-bond donors (Lipinski definition) is 1. The van der Waals surface area contributed by atoms with E-state index in [0.29, 0.717) is 22.2 Å². The van der Waals surface area contributed by atoms with Crippen LogP contribution >= 0.6 is 23.2 Å². The second-order valence-corrected chi connectivity index (χ2v) is 6.19. The molecule has 0 saturated carbocycles. The minimum absolute atomic E-state index is 0.176. The lowest BCUT2D eigenvalue weighted by atomic mass is 10.00. The number of amides is 1. The van der Waals surface area contributed by atoms with Crippen molar-refractivity contribution in [2.24, 2.45) is 0 Å². The van der Waals surface area contributed by atoms with Crippen LogP contribution in [0, 0.1) is 6.92 Å². The topological polar surface area (TPSA) is 38.3 Å². The summed E-state index contributed by atoms with van der Waals surface area (Å²) < 4.78 is 5.80. The quantitative estimate of drug-likeness (QED) is 0.868. The molecule has 114 valence electrons. The van der Waals surface area contributed by atoms with Crippen LogP contribution in [0.1, 0.15) is 17.5 Å². The summed E-state index contributed by atoms with van der Waals surface area (Å²) in [6.45, 7) is 2.04. The lowest BCUT2D eigenvalue weighted by Crippen LogP contribution is -2.35. The normalized spacial score (nSPS) is 16.6. The van der Waals surface area contributed by atoms with Gasteiger partial charge in [-0.3, -0.25) is 4.79 Å². The van der Waals surface area contributed by atoms with Crippen LogP contribution in [0.4, 0.5) is 5.69 Å². The summed E-state index contributed by atoms with van der Waals surface area (Å²) in [5.74, 6) is 0.607. The Hall–Kier alpha value is -1.71. The lowest BCUT2D eigenvalue weighted by Gasteiger charge is -2.25. The number of halogens is 2. The first-order chi connectivity index (χ1) is 10.5. The van der Waals surface area contributed by atoms with Crippen molar-refractivity contribution < 1.29 is 9.53 Å². The molecule has 0 radical (unpaired) electrons. The van der Waals surface area contributed by atoms with Crippen LogP contribution in [0.25, 0.3) is 0 Å². The molecule has 1 N–H and O–H groups in total. The van der Waals surface area contributed by atoms with E-state index in [1.807, 2.05) is 19.1 Å². The van der Waals surface area contributed by atoms with Gasteiger partial charge in [-0.05, 0) is 49.6 Å². The van der Waals surface area contributed by atoms with Gasteiger partial charge in [0.25, 0.3) is 5.91 Å². The number of benzene rings is 2. The van der Waals surface area contributed by atoms with Crippen molar-refractivity contribution >= 4 is 34.8 Å². The maximum absolute atomic E-state index is 12.3. The predicted molar refractivity (Wildman–Crippen MR) is 89.0 cm³/mol. The Bertz CT molecular complexity index is 731. The van der Waals surface area contributed by atoms with Crippen LogP contribution in [-0.4, -0.2) is 12.0 Å². The van der Waals surface area contributed by atoms with Gasteiger partial charge < -0.3 is 10.1 Å². The summed E-state index contributed by atoms with van der Waals surface area (Å²) in [6.07, 6.45) is 0.991. The summed E-state index contributed by atoms with van der Waals surface area (Å²) in [5, 5.41) is 3.68. The van der Waals surface area contributed by atoms with Gasteiger partial charge in [-0.1, -0.05) is 40.9 Å². The zero-order valence-electron chi connectivity index (χ0n) is 12.0. The Kier molecular flexibility index (Phi) is 4.27. The minimum Gasteiger partial charge on any atom is -0.480 e. The molecule has 0 saturated heterocycles. The fourth-order valence-electron chi connectivity index (χ4n) is 2.50. The third-order valence-electron chi connectivity index (χ3n) is 3.64. The first kappa shape index (κ1) is 15.2. The molecule has 1 aliphatic rings. The van der Waals surface area contributed by atoms with Crippen LogP contribution in [0.15, 0.2) is 36.4 Å². The second kappa shape index (κ2) is 6.19. The van der Waals surface area contributed by atoms with E-state index in [1.165, 1.54) is 5.56 Å². The maximum Gasteiger partial charge on any atom is 0.265 e. The molecular weight excluding hydrogens is 321 g/mol. The molecule has 2 aromatic rings. The van der Waals surface area contributed by atoms with Gasteiger partial charge in [0.1, 0.15) is 5.75 Å². The van der Waals surface area contributed by atoms with Crippen molar-refractivity contribution in [1.29, 1.82) is 0 Å².